The van der Waals surface area contributed by atoms with Crippen molar-refractivity contribution in [2.24, 2.45) is 0 Å². The van der Waals surface area contributed by atoms with E-state index in [9.17, 15) is 87.5 Å². The van der Waals surface area contributed by atoms with Crippen LogP contribution in [0.25, 0.3) is 84.4 Å². The number of nitrogens with zero attached hydrogens (tertiary/aromatic N) is 1. The molecule has 1 aromatic heterocycles. The molecule has 0 unspecified atom stereocenters. The second kappa shape index (κ2) is 40.2. The lowest BCUT2D eigenvalue weighted by atomic mass is 9.88. The van der Waals surface area contributed by atoms with Crippen LogP contribution < -0.4 is 26.6 Å². The first-order valence-electron chi connectivity index (χ1n) is 48.2. The van der Waals surface area contributed by atoms with Gasteiger partial charge >= 0.3 is 18.5 Å². The van der Waals surface area contributed by atoms with Gasteiger partial charge in [0.05, 0.1) is 16.7 Å². The van der Waals surface area contributed by atoms with Crippen LogP contribution in [0, 0.1) is 0 Å². The molecule has 5 saturated heterocycles. The smallest absolute Gasteiger partial charge is 0.417 e. The Bertz CT molecular complexity index is 7170. The van der Waals surface area contributed by atoms with E-state index < -0.39 is 110 Å². The van der Waals surface area contributed by atoms with Crippen LogP contribution in [0.2, 0.25) is 0 Å². The maximum Gasteiger partial charge on any atom is 0.417 e. The number of ether oxygens (including phenoxy) is 5. The molecule has 0 radical (unpaired) electrons. The van der Waals surface area contributed by atoms with Gasteiger partial charge in [0.15, 0.2) is 0 Å². The summed E-state index contributed by atoms with van der Waals surface area (Å²) < 4.78 is 151. The predicted molar refractivity (Wildman–Crippen MR) is 545 cm³/mol. The summed E-state index contributed by atoms with van der Waals surface area (Å²) in [5.41, 5.74) is 6.90. The number of pyridine rings is 1. The number of halogens is 9. The summed E-state index contributed by atoms with van der Waals surface area (Å²) in [6.07, 6.45) is -1.57. The molecule has 5 spiro atoms. The van der Waals surface area contributed by atoms with Gasteiger partial charge in [-0.25, -0.2) is 0 Å². The summed E-state index contributed by atoms with van der Waals surface area (Å²) in [7, 11) is 0. The number of rotatable bonds is 5. The molecule has 147 heavy (non-hydrogen) atoms. The Morgan fingerprint density at radius 2 is 0.497 bits per heavy atom. The predicted octanol–water partition coefficient (Wildman–Crippen LogP) is 20.8. The number of fused-ring (bicyclic) bond motifs is 10. The maximum atomic E-state index is 13.6. The molecule has 10 aromatic rings. The van der Waals surface area contributed by atoms with E-state index >= 15 is 0 Å². The molecule has 15 aliphatic rings. The largest absolute Gasteiger partial charge is 0.484 e. The average Bonchev–Trinajstić information content (AvgIpc) is 0.749. The van der Waals surface area contributed by atoms with Gasteiger partial charge in [-0.1, -0.05) is 109 Å². The number of hydrogen-bond acceptors (Lipinski definition) is 26. The van der Waals surface area contributed by atoms with E-state index in [2.05, 4.69) is 31.6 Å². The second-order valence-corrected chi connectivity index (χ2v) is 43.2. The Morgan fingerprint density at radius 1 is 0.231 bits per heavy atom. The maximum absolute atomic E-state index is 13.6. The van der Waals surface area contributed by atoms with Crippen LogP contribution in [0.3, 0.4) is 0 Å². The van der Waals surface area contributed by atoms with Gasteiger partial charge in [-0.2, -0.15) is 39.5 Å². The zero-order valence-electron chi connectivity index (χ0n) is 78.5. The van der Waals surface area contributed by atoms with E-state index in [-0.39, 0.29) is 38.4 Å². The number of Topliss-reactive ketones (excluding diaryl/α,β-unsaturated/α-hetero) is 10. The van der Waals surface area contributed by atoms with Gasteiger partial charge in [-0.3, -0.25) is 52.9 Å². The first kappa shape index (κ1) is 100. The molecule has 5 aliphatic carbocycles. The highest BCUT2D eigenvalue weighted by atomic mass is 32.2. The molecule has 25 rings (SSSR count). The van der Waals surface area contributed by atoms with Gasteiger partial charge in [-0.15, -0.1) is 58.8 Å². The Kier molecular flexibility index (Phi) is 27.4. The van der Waals surface area contributed by atoms with Crippen LogP contribution in [0.1, 0.15) is 161 Å². The number of thioether (sulfide) groups is 5. The monoisotopic (exact) mass is 2090 g/mol. The molecule has 35 heteroatoms. The zero-order chi connectivity index (χ0) is 102. The lowest BCUT2D eigenvalue weighted by Gasteiger charge is -2.43. The van der Waals surface area contributed by atoms with Gasteiger partial charge in [-0.05, 0) is 213 Å². The van der Waals surface area contributed by atoms with Crippen LogP contribution in [0.5, 0.6) is 0 Å². The minimum atomic E-state index is -4.51. The number of carbonyl (C=O) groups is 10. The van der Waals surface area contributed by atoms with Crippen molar-refractivity contribution in [3.05, 3.63) is 316 Å². The van der Waals surface area contributed by atoms with Crippen LogP contribution in [0.15, 0.2) is 243 Å². The lowest BCUT2D eigenvalue weighted by molar-refractivity contribution is -0.138. The fourth-order valence-electron chi connectivity index (χ4n) is 20.7. The van der Waals surface area contributed by atoms with Crippen LogP contribution in [-0.4, -0.2) is 185 Å². The Morgan fingerprint density at radius 3 is 0.810 bits per heavy atom. The molecule has 9 aromatic carbocycles. The highest BCUT2D eigenvalue weighted by Gasteiger charge is 2.53. The fraction of sp³-hybridized carbons (Fsp3) is 0.295. The van der Waals surface area contributed by atoms with E-state index in [4.69, 9.17) is 23.7 Å². The average molecular weight is 2090 g/mol. The number of benzene rings is 9. The molecule has 5 fully saturated rings. The summed E-state index contributed by atoms with van der Waals surface area (Å²) in [6.45, 7) is 8.41. The molecule has 0 bridgehead atoms. The Labute approximate surface area is 858 Å². The second-order valence-electron chi connectivity index (χ2n) is 38.3. The van der Waals surface area contributed by atoms with Crippen molar-refractivity contribution in [1.29, 1.82) is 0 Å². The Hall–Kier alpha value is -12.6. The number of hydrogen-bond donors (Lipinski definition) is 5. The van der Waals surface area contributed by atoms with Gasteiger partial charge in [0, 0.05) is 167 Å². The number of piperidine rings is 5. The van der Waals surface area contributed by atoms with Gasteiger partial charge < -0.3 is 50.3 Å². The van der Waals surface area contributed by atoms with Crippen molar-refractivity contribution in [1.82, 2.24) is 31.6 Å². The first-order chi connectivity index (χ1) is 70.7. The van der Waals surface area contributed by atoms with Crippen molar-refractivity contribution in [3.63, 3.8) is 0 Å². The molecule has 0 atom stereocenters. The third-order valence-corrected chi connectivity index (χ3v) is 35.6. The molecule has 21 nitrogen and oxygen atoms in total. The molecule has 0 saturated carbocycles. The fourth-order valence-corrected chi connectivity index (χ4v) is 27.0. The Balaban J connectivity index is 0.000000108. The number of ketones is 10. The van der Waals surface area contributed by atoms with Gasteiger partial charge in [0.2, 0.25) is 57.8 Å². The minimum Gasteiger partial charge on any atom is -0.484 e. The summed E-state index contributed by atoms with van der Waals surface area (Å²) in [5, 5.41) is 16.6. The van der Waals surface area contributed by atoms with Crippen LogP contribution in [0.4, 0.5) is 39.5 Å². The third-order valence-electron chi connectivity index (χ3n) is 28.9. The molecular formula is C112H91F9N6O15S5. The van der Waals surface area contributed by atoms with E-state index in [1.54, 1.807) is 73.1 Å². The van der Waals surface area contributed by atoms with E-state index in [1.807, 2.05) is 66.7 Å². The van der Waals surface area contributed by atoms with E-state index in [0.29, 0.717) is 127 Å². The van der Waals surface area contributed by atoms with Crippen molar-refractivity contribution in [2.45, 2.75) is 111 Å². The highest BCUT2D eigenvalue weighted by Crippen LogP contribution is 2.56. The molecule has 11 heterocycles. The summed E-state index contributed by atoms with van der Waals surface area (Å²) in [5.74, 6) is 0.179. The highest BCUT2D eigenvalue weighted by molar-refractivity contribution is 8.05. The quantitative estimate of drug-likeness (QED) is 0.0790. The van der Waals surface area contributed by atoms with Gasteiger partial charge in [0.25, 0.3) is 0 Å². The zero-order valence-corrected chi connectivity index (χ0v) is 82.6. The van der Waals surface area contributed by atoms with Crippen molar-refractivity contribution < 1.29 is 111 Å². The number of aromatic nitrogens is 1. The lowest BCUT2D eigenvalue weighted by Crippen LogP contribution is -2.48. The number of allylic oxidation sites excluding steroid dienone is 5. The topological polar surface area (TPSA) is 290 Å². The summed E-state index contributed by atoms with van der Waals surface area (Å²) >= 11 is 6.98. The molecule has 0 amide bonds. The third kappa shape index (κ3) is 19.7. The van der Waals surface area contributed by atoms with E-state index in [0.717, 1.165) is 199 Å². The molecular weight excluding hydrogens is 2000 g/mol. The SMILES string of the molecule is O=C1C(=O)c2ccc(-c3ccc(C(F)(F)F)cc3)cc2C2=C1SCC1(CCNCC1)O2.O=C1C(=O)c2ccc(-c3cccc(C(F)(F)F)c3)cc2C2=C1SCC1(CCNCC1)O2.O=C1C(=O)c2ccc(-c3ccccc3)cc2C2=C1SCC1(CCNCC1)O2.O=C1C(=O)c2ccc(-c3ccccc3C(F)(F)F)cc2C2=C1SCC1(CCNCC1)O2.O=C1C(=O)c2ccc(-c3cccnc3)cc2C2=C1SCC1(CCNCC1)O2. The van der Waals surface area contributed by atoms with Crippen LogP contribution in [-0.2, 0) is 66.2 Å². The summed E-state index contributed by atoms with van der Waals surface area (Å²) in [6, 6.07) is 54.4. The number of nitrogens with one attached hydrogen (secondary N) is 5. The molecule has 752 valence electrons. The standard InChI is InChI=1S/3C23H18F3NO3S.C22H19NO3S.C21H18N2O3S/c24-23(25,26)15-4-1-13(2-5-15)14-3-6-16-17(11-14)20-21(19(29)18(16)28)31-12-22(30-20)7-9-27-10-8-22;24-23(25,26)15-3-1-2-13(10-15)14-4-5-16-17(11-14)20-21(19(29)18(16)28)31-12-22(30-20)6-8-27-9-7-22;24-23(25,26)17-4-2-1-3-14(17)13-5-6-15-16(11-13)20-21(19(29)18(15)28)31-12-22(30-20)7-9-27-10-8-22;24-18-16-7-6-15(14-4-2-1-3-5-14)12-17(16)20-21(19(18)25)27-13-22(26-20)8-10-23-11-9-22;24-17-15-4-3-13(14-2-1-7-23-11-14)10-16(15)19-20(18(17)25)27-12-21(26-19)5-8-22-9-6-21/h1-6,11,27H,7-10,12H2;1-5,10-11,27H,6-9,12H2;1-6,11,27H,7-10,12H2;1-7,12,23H,8-11,13H2;1-4,7,10-11,22H,5-6,8-9,12H2. The minimum absolute atomic E-state index is 0.0179. The summed E-state index contributed by atoms with van der Waals surface area (Å²) in [4.78, 5) is 132. The van der Waals surface area contributed by atoms with E-state index in [1.165, 1.54) is 107 Å². The van der Waals surface area contributed by atoms with Crippen molar-refractivity contribution in [2.75, 3.05) is 94.2 Å². The van der Waals surface area contributed by atoms with Crippen molar-refractivity contribution in [3.8, 4) is 55.6 Å². The first-order valence-corrected chi connectivity index (χ1v) is 53.1. The van der Waals surface area contributed by atoms with Crippen LogP contribution >= 0.6 is 58.8 Å². The molecule has 10 aliphatic heterocycles. The number of alkyl halides is 9. The van der Waals surface area contributed by atoms with Gasteiger partial charge in [0.1, 0.15) is 81.3 Å². The van der Waals surface area contributed by atoms with Crippen molar-refractivity contribution >= 4 is 145 Å². The molecule has 5 N–H and O–H groups in total. The number of carbonyl (C=O) groups excluding carboxylic acids is 10. The normalized spacial score (nSPS) is 20.6.